The monoisotopic (exact) mass is 365 g/mol. The Bertz CT molecular complexity index is 781. The van der Waals surface area contributed by atoms with Gasteiger partial charge in [-0.2, -0.15) is 0 Å². The van der Waals surface area contributed by atoms with Crippen LogP contribution in [0.15, 0.2) is 42.5 Å². The summed E-state index contributed by atoms with van der Waals surface area (Å²) >= 11 is 5.88. The third-order valence-electron chi connectivity index (χ3n) is 3.22. The van der Waals surface area contributed by atoms with Crippen LogP contribution in [0, 0.1) is 5.82 Å². The van der Waals surface area contributed by atoms with E-state index in [0.29, 0.717) is 11.3 Å². The molecule has 2 aromatic rings. The fourth-order valence-corrected chi connectivity index (χ4v) is 2.21. The van der Waals surface area contributed by atoms with E-state index in [1.807, 2.05) is 0 Å². The van der Waals surface area contributed by atoms with Crippen LogP contribution in [0.4, 0.5) is 10.1 Å². The molecule has 0 spiro atoms. The molecule has 1 N–H and O–H groups in total. The molecule has 0 aliphatic heterocycles. The fourth-order valence-electron chi connectivity index (χ4n) is 1.99. The number of amides is 1. The second-order valence-electron chi connectivity index (χ2n) is 5.12. The first-order valence-corrected chi connectivity index (χ1v) is 7.98. The minimum atomic E-state index is -0.862. The minimum absolute atomic E-state index is 0.0878. The van der Waals surface area contributed by atoms with E-state index in [1.165, 1.54) is 18.2 Å². The molecule has 0 aromatic heterocycles. The van der Waals surface area contributed by atoms with Gasteiger partial charge in [0.15, 0.2) is 6.10 Å². The number of carbonyl (C=O) groups is 2. The van der Waals surface area contributed by atoms with Crippen molar-refractivity contribution in [2.45, 2.75) is 20.0 Å². The quantitative estimate of drug-likeness (QED) is 0.784. The molecule has 0 saturated heterocycles. The minimum Gasteiger partial charge on any atom is -0.481 e. The maximum absolute atomic E-state index is 13.0. The van der Waals surface area contributed by atoms with Gasteiger partial charge < -0.3 is 14.8 Å². The summed E-state index contributed by atoms with van der Waals surface area (Å²) in [5.41, 5.74) is 0.609. The summed E-state index contributed by atoms with van der Waals surface area (Å²) in [5.74, 6) is -1.08. The summed E-state index contributed by atoms with van der Waals surface area (Å²) in [6, 6.07) is 9.99. The first kappa shape index (κ1) is 18.7. The molecule has 0 aliphatic carbocycles. The van der Waals surface area contributed by atoms with Crippen molar-refractivity contribution in [1.82, 2.24) is 0 Å². The molecule has 25 heavy (non-hydrogen) atoms. The topological polar surface area (TPSA) is 64.6 Å². The van der Waals surface area contributed by atoms with Crippen molar-refractivity contribution in [3.63, 3.8) is 0 Å². The number of anilines is 1. The molecule has 0 aliphatic rings. The van der Waals surface area contributed by atoms with E-state index in [9.17, 15) is 14.0 Å². The lowest BCUT2D eigenvalue weighted by Crippen LogP contribution is -2.30. The lowest BCUT2D eigenvalue weighted by molar-refractivity contribution is -0.122. The Balaban J connectivity index is 2.03. The van der Waals surface area contributed by atoms with Gasteiger partial charge in [-0.25, -0.2) is 9.18 Å². The summed E-state index contributed by atoms with van der Waals surface area (Å²) < 4.78 is 23.5. The number of hydrogen-bond acceptors (Lipinski definition) is 4. The number of halogens is 2. The van der Waals surface area contributed by atoms with Crippen molar-refractivity contribution in [1.29, 1.82) is 0 Å². The molecule has 1 atom stereocenters. The fraction of sp³-hybridized carbons (Fsp3) is 0.222. The second kappa shape index (κ2) is 8.48. The maximum atomic E-state index is 13.0. The molecule has 0 unspecified atom stereocenters. The van der Waals surface area contributed by atoms with Crippen molar-refractivity contribution >= 4 is 29.2 Å². The molecule has 0 saturated carbocycles. The highest BCUT2D eigenvalue weighted by atomic mass is 35.5. The van der Waals surface area contributed by atoms with Gasteiger partial charge in [-0.15, -0.1) is 0 Å². The lowest BCUT2D eigenvalue weighted by Gasteiger charge is -2.16. The number of esters is 1. The lowest BCUT2D eigenvalue weighted by atomic mass is 10.2. The number of ether oxygens (including phenoxy) is 2. The average molecular weight is 366 g/mol. The predicted molar refractivity (Wildman–Crippen MR) is 92.5 cm³/mol. The van der Waals surface area contributed by atoms with E-state index < -0.39 is 23.8 Å². The Labute approximate surface area is 149 Å². The van der Waals surface area contributed by atoms with Crippen LogP contribution in [0.2, 0.25) is 5.02 Å². The van der Waals surface area contributed by atoms with Gasteiger partial charge in [0.1, 0.15) is 11.6 Å². The van der Waals surface area contributed by atoms with Crippen LogP contribution in [-0.2, 0) is 9.53 Å². The number of carbonyl (C=O) groups excluding carboxylic acids is 2. The number of benzene rings is 2. The number of rotatable bonds is 6. The molecule has 0 bridgehead atoms. The van der Waals surface area contributed by atoms with Gasteiger partial charge in [0.05, 0.1) is 22.9 Å². The number of nitrogens with one attached hydrogen (secondary N) is 1. The molecule has 2 aromatic carbocycles. The van der Waals surface area contributed by atoms with E-state index >= 15 is 0 Å². The van der Waals surface area contributed by atoms with Gasteiger partial charge >= 0.3 is 5.97 Å². The van der Waals surface area contributed by atoms with E-state index in [-0.39, 0.29) is 17.3 Å². The summed E-state index contributed by atoms with van der Waals surface area (Å²) in [6.45, 7) is 3.52. The predicted octanol–water partition coefficient (Wildman–Crippen LogP) is 4.06. The highest BCUT2D eigenvalue weighted by Crippen LogP contribution is 2.23. The maximum Gasteiger partial charge on any atom is 0.338 e. The Morgan fingerprint density at radius 2 is 2.00 bits per heavy atom. The van der Waals surface area contributed by atoms with Crippen LogP contribution in [0.5, 0.6) is 5.75 Å². The zero-order valence-electron chi connectivity index (χ0n) is 13.7. The highest BCUT2D eigenvalue weighted by Gasteiger charge is 2.17. The molecule has 132 valence electrons. The van der Waals surface area contributed by atoms with Crippen molar-refractivity contribution in [2.24, 2.45) is 0 Å². The van der Waals surface area contributed by atoms with E-state index in [0.717, 1.165) is 6.07 Å². The van der Waals surface area contributed by atoms with Gasteiger partial charge in [-0.05, 0) is 50.2 Å². The Morgan fingerprint density at radius 3 is 2.68 bits per heavy atom. The van der Waals surface area contributed by atoms with Gasteiger partial charge in [0, 0.05) is 0 Å². The Hall–Kier alpha value is -2.60. The van der Waals surface area contributed by atoms with Gasteiger partial charge in [0.2, 0.25) is 0 Å². The summed E-state index contributed by atoms with van der Waals surface area (Å²) in [6.07, 6.45) is -0.862. The third kappa shape index (κ3) is 5.19. The third-order valence-corrected chi connectivity index (χ3v) is 3.53. The zero-order chi connectivity index (χ0) is 18.4. The zero-order valence-corrected chi connectivity index (χ0v) is 14.5. The van der Waals surface area contributed by atoms with Crippen molar-refractivity contribution in [3.8, 4) is 5.75 Å². The smallest absolute Gasteiger partial charge is 0.338 e. The molecule has 0 fully saturated rings. The SMILES string of the molecule is CCOC(=O)c1cccc(O[C@@H](C)C(=O)Nc2ccc(F)cc2Cl)c1. The summed E-state index contributed by atoms with van der Waals surface area (Å²) in [4.78, 5) is 23.9. The normalized spacial score (nSPS) is 11.5. The summed E-state index contributed by atoms with van der Waals surface area (Å²) in [5, 5.41) is 2.65. The Morgan fingerprint density at radius 1 is 1.24 bits per heavy atom. The molecular formula is C18H17ClFNO4. The molecular weight excluding hydrogens is 349 g/mol. The molecule has 0 radical (unpaired) electrons. The van der Waals surface area contributed by atoms with Crippen molar-refractivity contribution in [2.75, 3.05) is 11.9 Å². The van der Waals surface area contributed by atoms with E-state index in [2.05, 4.69) is 5.32 Å². The molecule has 7 heteroatoms. The standard InChI is InChI=1S/C18H17ClFNO4/c1-3-24-18(23)12-5-4-6-14(9-12)25-11(2)17(22)21-16-8-7-13(20)10-15(16)19/h4-11H,3H2,1-2H3,(H,21,22)/t11-/m0/s1. The second-order valence-corrected chi connectivity index (χ2v) is 5.53. The van der Waals surface area contributed by atoms with E-state index in [1.54, 1.807) is 32.0 Å². The molecule has 2 rings (SSSR count). The van der Waals surface area contributed by atoms with Crippen LogP contribution in [0.25, 0.3) is 0 Å². The van der Waals surface area contributed by atoms with Crippen LogP contribution in [0.3, 0.4) is 0 Å². The van der Waals surface area contributed by atoms with Gasteiger partial charge in [-0.3, -0.25) is 4.79 Å². The Kier molecular flexibility index (Phi) is 6.36. The number of hydrogen-bond donors (Lipinski definition) is 1. The largest absolute Gasteiger partial charge is 0.481 e. The average Bonchev–Trinajstić information content (AvgIpc) is 2.57. The molecule has 5 nitrogen and oxygen atoms in total. The van der Waals surface area contributed by atoms with Crippen LogP contribution in [0.1, 0.15) is 24.2 Å². The highest BCUT2D eigenvalue weighted by molar-refractivity contribution is 6.33. The first-order valence-electron chi connectivity index (χ1n) is 7.60. The van der Waals surface area contributed by atoms with Gasteiger partial charge in [0.25, 0.3) is 5.91 Å². The van der Waals surface area contributed by atoms with Crippen LogP contribution in [-0.4, -0.2) is 24.6 Å². The first-order chi connectivity index (χ1) is 11.9. The van der Waals surface area contributed by atoms with Crippen molar-refractivity contribution in [3.05, 3.63) is 58.9 Å². The van der Waals surface area contributed by atoms with E-state index in [4.69, 9.17) is 21.1 Å². The van der Waals surface area contributed by atoms with Crippen molar-refractivity contribution < 1.29 is 23.5 Å². The summed E-state index contributed by atoms with van der Waals surface area (Å²) in [7, 11) is 0. The molecule has 0 heterocycles. The molecule has 1 amide bonds. The van der Waals surface area contributed by atoms with Crippen LogP contribution < -0.4 is 10.1 Å². The van der Waals surface area contributed by atoms with Gasteiger partial charge in [-0.1, -0.05) is 17.7 Å². The van der Waals surface area contributed by atoms with Crippen LogP contribution >= 0.6 is 11.6 Å².